The first-order chi connectivity index (χ1) is 10.6. The standard InChI is InChI=1S/C17H18ClNO3/c1-11-14(17(20)19-10-12-5-4-8-21-12)9-16(22-11)13-6-2-3-7-15(13)18/h2-3,6-7,9,12H,4-5,8,10H2,1H3,(H,19,20)/t12-/m0/s1. The van der Waals surface area contributed by atoms with Crippen molar-refractivity contribution in [3.8, 4) is 11.3 Å². The zero-order valence-electron chi connectivity index (χ0n) is 12.4. The molecule has 22 heavy (non-hydrogen) atoms. The van der Waals surface area contributed by atoms with E-state index in [0.717, 1.165) is 25.0 Å². The summed E-state index contributed by atoms with van der Waals surface area (Å²) in [6.45, 7) is 3.09. The zero-order chi connectivity index (χ0) is 15.5. The SMILES string of the molecule is Cc1oc(-c2ccccc2Cl)cc1C(=O)NC[C@@H]1CCCO1. The zero-order valence-corrected chi connectivity index (χ0v) is 13.2. The highest BCUT2D eigenvalue weighted by atomic mass is 35.5. The second kappa shape index (κ2) is 6.55. The maximum absolute atomic E-state index is 12.3. The molecule has 4 nitrogen and oxygen atoms in total. The quantitative estimate of drug-likeness (QED) is 0.932. The molecule has 0 bridgehead atoms. The van der Waals surface area contributed by atoms with Crippen molar-refractivity contribution < 1.29 is 13.9 Å². The Morgan fingerprint density at radius 1 is 1.41 bits per heavy atom. The summed E-state index contributed by atoms with van der Waals surface area (Å²) in [7, 11) is 0. The second-order valence-corrected chi connectivity index (χ2v) is 5.81. The largest absolute Gasteiger partial charge is 0.460 e. The molecular weight excluding hydrogens is 302 g/mol. The van der Waals surface area contributed by atoms with Gasteiger partial charge in [0.15, 0.2) is 0 Å². The molecule has 1 atom stereocenters. The Morgan fingerprint density at radius 2 is 2.23 bits per heavy atom. The minimum atomic E-state index is -0.143. The highest BCUT2D eigenvalue weighted by Crippen LogP contribution is 2.30. The Morgan fingerprint density at radius 3 is 2.95 bits per heavy atom. The molecule has 0 aliphatic carbocycles. The average molecular weight is 320 g/mol. The molecule has 1 aliphatic heterocycles. The van der Waals surface area contributed by atoms with E-state index in [-0.39, 0.29) is 12.0 Å². The highest BCUT2D eigenvalue weighted by molar-refractivity contribution is 6.33. The van der Waals surface area contributed by atoms with Gasteiger partial charge in [-0.2, -0.15) is 0 Å². The van der Waals surface area contributed by atoms with E-state index in [0.29, 0.717) is 28.7 Å². The summed E-state index contributed by atoms with van der Waals surface area (Å²) < 4.78 is 11.2. The predicted octanol–water partition coefficient (Wildman–Crippen LogP) is 3.82. The lowest BCUT2D eigenvalue weighted by molar-refractivity contribution is 0.0856. The lowest BCUT2D eigenvalue weighted by Crippen LogP contribution is -2.31. The van der Waals surface area contributed by atoms with Crippen LogP contribution in [-0.2, 0) is 4.74 Å². The van der Waals surface area contributed by atoms with E-state index in [4.69, 9.17) is 20.8 Å². The van der Waals surface area contributed by atoms with Gasteiger partial charge < -0.3 is 14.5 Å². The molecule has 1 aliphatic rings. The van der Waals surface area contributed by atoms with Crippen LogP contribution < -0.4 is 5.32 Å². The van der Waals surface area contributed by atoms with Gasteiger partial charge in [0.2, 0.25) is 0 Å². The van der Waals surface area contributed by atoms with Crippen molar-refractivity contribution in [1.82, 2.24) is 5.32 Å². The summed E-state index contributed by atoms with van der Waals surface area (Å²) in [5.74, 6) is 1.04. The fraction of sp³-hybridized carbons (Fsp3) is 0.353. The van der Waals surface area contributed by atoms with Gasteiger partial charge in [-0.05, 0) is 38.0 Å². The van der Waals surface area contributed by atoms with Crippen LogP contribution in [0.3, 0.4) is 0 Å². The number of amides is 1. The van der Waals surface area contributed by atoms with Crippen LogP contribution in [0.4, 0.5) is 0 Å². The molecule has 1 aromatic carbocycles. The minimum absolute atomic E-state index is 0.124. The number of hydrogen-bond donors (Lipinski definition) is 1. The number of carbonyl (C=O) groups excluding carboxylic acids is 1. The summed E-state index contributed by atoms with van der Waals surface area (Å²) in [5.41, 5.74) is 1.32. The van der Waals surface area contributed by atoms with Gasteiger partial charge in [0, 0.05) is 18.7 Å². The number of nitrogens with one attached hydrogen (secondary N) is 1. The number of hydrogen-bond acceptors (Lipinski definition) is 3. The smallest absolute Gasteiger partial charge is 0.254 e. The highest BCUT2D eigenvalue weighted by Gasteiger charge is 2.20. The number of aryl methyl sites for hydroxylation is 1. The molecule has 1 fully saturated rings. The Bertz CT molecular complexity index is 674. The van der Waals surface area contributed by atoms with Crippen LogP contribution in [0.2, 0.25) is 5.02 Å². The fourth-order valence-corrected chi connectivity index (χ4v) is 2.84. The monoisotopic (exact) mass is 319 g/mol. The Labute approximate surface area is 134 Å². The third kappa shape index (κ3) is 3.18. The van der Waals surface area contributed by atoms with Crippen LogP contribution in [0.25, 0.3) is 11.3 Å². The summed E-state index contributed by atoms with van der Waals surface area (Å²) in [4.78, 5) is 12.3. The van der Waals surface area contributed by atoms with Gasteiger partial charge in [0.25, 0.3) is 5.91 Å². The van der Waals surface area contributed by atoms with Gasteiger partial charge in [-0.25, -0.2) is 0 Å². The molecule has 1 saturated heterocycles. The number of benzene rings is 1. The van der Waals surface area contributed by atoms with E-state index in [9.17, 15) is 4.79 Å². The normalized spacial score (nSPS) is 17.6. The van der Waals surface area contributed by atoms with Crippen molar-refractivity contribution in [1.29, 1.82) is 0 Å². The number of rotatable bonds is 4. The lowest BCUT2D eigenvalue weighted by atomic mass is 10.1. The fourth-order valence-electron chi connectivity index (χ4n) is 2.61. The van der Waals surface area contributed by atoms with Gasteiger partial charge in [0.1, 0.15) is 11.5 Å². The maximum atomic E-state index is 12.3. The van der Waals surface area contributed by atoms with E-state index in [2.05, 4.69) is 5.32 Å². The number of carbonyl (C=O) groups is 1. The molecule has 0 saturated carbocycles. The number of ether oxygens (including phenoxy) is 1. The van der Waals surface area contributed by atoms with Gasteiger partial charge >= 0.3 is 0 Å². The number of halogens is 1. The molecule has 0 spiro atoms. The third-order valence-corrected chi connectivity index (χ3v) is 4.15. The second-order valence-electron chi connectivity index (χ2n) is 5.41. The molecule has 3 rings (SSSR count). The van der Waals surface area contributed by atoms with Gasteiger partial charge in [-0.15, -0.1) is 0 Å². The van der Waals surface area contributed by atoms with Crippen molar-refractivity contribution >= 4 is 17.5 Å². The molecule has 1 aromatic heterocycles. The molecule has 2 heterocycles. The molecule has 2 aromatic rings. The van der Waals surface area contributed by atoms with Gasteiger partial charge in [-0.3, -0.25) is 4.79 Å². The van der Waals surface area contributed by atoms with Gasteiger partial charge in [-0.1, -0.05) is 23.7 Å². The third-order valence-electron chi connectivity index (χ3n) is 3.82. The van der Waals surface area contributed by atoms with Crippen molar-refractivity contribution in [3.05, 3.63) is 46.7 Å². The Kier molecular flexibility index (Phi) is 4.50. The summed E-state index contributed by atoms with van der Waals surface area (Å²) >= 11 is 6.17. The molecule has 5 heteroatoms. The number of furan rings is 1. The first-order valence-corrected chi connectivity index (χ1v) is 7.78. The van der Waals surface area contributed by atoms with Crippen molar-refractivity contribution in [2.75, 3.05) is 13.2 Å². The van der Waals surface area contributed by atoms with Crippen LogP contribution in [0.5, 0.6) is 0 Å². The van der Waals surface area contributed by atoms with Crippen molar-refractivity contribution in [3.63, 3.8) is 0 Å². The molecule has 116 valence electrons. The van der Waals surface area contributed by atoms with Crippen molar-refractivity contribution in [2.24, 2.45) is 0 Å². The maximum Gasteiger partial charge on any atom is 0.254 e. The van der Waals surface area contributed by atoms with Crippen LogP contribution >= 0.6 is 11.6 Å². The Hall–Kier alpha value is -1.78. The average Bonchev–Trinajstić information content (AvgIpc) is 3.15. The molecule has 1 N–H and O–H groups in total. The summed E-state index contributed by atoms with van der Waals surface area (Å²) in [5, 5.41) is 3.50. The predicted molar refractivity (Wildman–Crippen MR) is 85.2 cm³/mol. The molecule has 0 radical (unpaired) electrons. The topological polar surface area (TPSA) is 51.5 Å². The first-order valence-electron chi connectivity index (χ1n) is 7.40. The molecule has 0 unspecified atom stereocenters. The summed E-state index contributed by atoms with van der Waals surface area (Å²) in [6.07, 6.45) is 2.18. The van der Waals surface area contributed by atoms with Crippen molar-refractivity contribution in [2.45, 2.75) is 25.9 Å². The Balaban J connectivity index is 1.74. The molecule has 1 amide bonds. The summed E-state index contributed by atoms with van der Waals surface area (Å²) in [6, 6.07) is 9.15. The lowest BCUT2D eigenvalue weighted by Gasteiger charge is -2.10. The molecular formula is C17H18ClNO3. The van der Waals surface area contributed by atoms with Gasteiger partial charge in [0.05, 0.1) is 16.7 Å². The van der Waals surface area contributed by atoms with E-state index >= 15 is 0 Å². The minimum Gasteiger partial charge on any atom is -0.460 e. The van der Waals surface area contributed by atoms with Crippen LogP contribution in [0.1, 0.15) is 29.0 Å². The van der Waals surface area contributed by atoms with E-state index in [1.54, 1.807) is 19.1 Å². The van der Waals surface area contributed by atoms with Crippen LogP contribution in [0, 0.1) is 6.92 Å². The first kappa shape index (κ1) is 15.1. The van der Waals surface area contributed by atoms with E-state index < -0.39 is 0 Å². The van der Waals surface area contributed by atoms with Crippen LogP contribution in [0.15, 0.2) is 34.7 Å². The van der Waals surface area contributed by atoms with Crippen LogP contribution in [-0.4, -0.2) is 25.2 Å². The van der Waals surface area contributed by atoms with E-state index in [1.165, 1.54) is 0 Å². The van der Waals surface area contributed by atoms with E-state index in [1.807, 2.05) is 18.2 Å².